The van der Waals surface area contributed by atoms with Gasteiger partial charge in [-0.15, -0.1) is 0 Å². The number of aryl methyl sites for hydroxylation is 1. The first-order valence-electron chi connectivity index (χ1n) is 8.82. The van der Waals surface area contributed by atoms with Crippen LogP contribution in [0.5, 0.6) is 0 Å². The molecule has 2 heterocycles. The summed E-state index contributed by atoms with van der Waals surface area (Å²) in [6.07, 6.45) is 3.41. The average Bonchev–Trinajstić information content (AvgIpc) is 3.19. The van der Waals surface area contributed by atoms with Crippen molar-refractivity contribution in [1.82, 2.24) is 9.80 Å². The fourth-order valence-electron chi connectivity index (χ4n) is 3.52. The SMILES string of the molecule is CN1C[C@@H](C(=O)N2CC[C@H](OCCCc3ccccc3)C2)CC1=O. The predicted molar refractivity (Wildman–Crippen MR) is 91.4 cm³/mol. The Hall–Kier alpha value is -1.88. The predicted octanol–water partition coefficient (Wildman–Crippen LogP) is 1.71. The molecule has 0 unspecified atom stereocenters. The number of hydrogen-bond donors (Lipinski definition) is 0. The van der Waals surface area contributed by atoms with E-state index in [-0.39, 0.29) is 23.8 Å². The van der Waals surface area contributed by atoms with Crippen LogP contribution in [0.1, 0.15) is 24.8 Å². The summed E-state index contributed by atoms with van der Waals surface area (Å²) >= 11 is 0. The molecule has 5 nitrogen and oxygen atoms in total. The van der Waals surface area contributed by atoms with Gasteiger partial charge in [0, 0.05) is 39.7 Å². The number of rotatable bonds is 6. The Morgan fingerprint density at radius 2 is 2.04 bits per heavy atom. The Morgan fingerprint density at radius 1 is 1.25 bits per heavy atom. The minimum atomic E-state index is -0.167. The number of ether oxygens (including phenoxy) is 1. The molecule has 0 bridgehead atoms. The third kappa shape index (κ3) is 4.15. The van der Waals surface area contributed by atoms with Gasteiger partial charge in [0.05, 0.1) is 12.0 Å². The summed E-state index contributed by atoms with van der Waals surface area (Å²) in [6.45, 7) is 2.69. The second kappa shape index (κ2) is 7.79. The maximum absolute atomic E-state index is 12.5. The molecule has 130 valence electrons. The highest BCUT2D eigenvalue weighted by molar-refractivity contribution is 5.89. The van der Waals surface area contributed by atoms with Crippen molar-refractivity contribution in [3.8, 4) is 0 Å². The molecule has 2 aliphatic heterocycles. The molecule has 1 aromatic carbocycles. The van der Waals surface area contributed by atoms with Crippen molar-refractivity contribution in [3.63, 3.8) is 0 Å². The molecular weight excluding hydrogens is 304 g/mol. The summed E-state index contributed by atoms with van der Waals surface area (Å²) in [5.41, 5.74) is 1.33. The molecule has 2 saturated heterocycles. The highest BCUT2D eigenvalue weighted by Gasteiger charge is 2.37. The van der Waals surface area contributed by atoms with Crippen molar-refractivity contribution in [1.29, 1.82) is 0 Å². The van der Waals surface area contributed by atoms with Gasteiger partial charge in [0.2, 0.25) is 11.8 Å². The van der Waals surface area contributed by atoms with Gasteiger partial charge in [-0.05, 0) is 24.8 Å². The maximum atomic E-state index is 12.5. The summed E-state index contributed by atoms with van der Waals surface area (Å²) in [7, 11) is 1.76. The normalized spacial score (nSPS) is 24.0. The second-order valence-corrected chi connectivity index (χ2v) is 6.83. The Labute approximate surface area is 143 Å². The Morgan fingerprint density at radius 3 is 2.75 bits per heavy atom. The largest absolute Gasteiger partial charge is 0.376 e. The van der Waals surface area contributed by atoms with Crippen molar-refractivity contribution in [2.75, 3.05) is 33.3 Å². The van der Waals surface area contributed by atoms with Gasteiger partial charge in [0.1, 0.15) is 0 Å². The minimum absolute atomic E-state index is 0.0706. The van der Waals surface area contributed by atoms with E-state index in [1.54, 1.807) is 11.9 Å². The standard InChI is InChI=1S/C19H26N2O3/c1-20-13-16(12-18(20)22)19(23)21-10-9-17(14-21)24-11-5-8-15-6-3-2-4-7-15/h2-4,6-7,16-17H,5,8-14H2,1H3/t16-,17-/m0/s1. The zero-order chi connectivity index (χ0) is 16.9. The average molecular weight is 330 g/mol. The molecule has 0 aromatic heterocycles. The van der Waals surface area contributed by atoms with E-state index < -0.39 is 0 Å². The van der Waals surface area contributed by atoms with Crippen LogP contribution in [0, 0.1) is 5.92 Å². The van der Waals surface area contributed by atoms with Crippen molar-refractivity contribution in [2.24, 2.45) is 5.92 Å². The van der Waals surface area contributed by atoms with Gasteiger partial charge in [0.25, 0.3) is 0 Å². The van der Waals surface area contributed by atoms with E-state index in [9.17, 15) is 9.59 Å². The van der Waals surface area contributed by atoms with E-state index >= 15 is 0 Å². The zero-order valence-electron chi connectivity index (χ0n) is 14.3. The van der Waals surface area contributed by atoms with Crippen molar-refractivity contribution in [2.45, 2.75) is 31.8 Å². The number of carbonyl (C=O) groups is 2. The Kier molecular flexibility index (Phi) is 5.51. The van der Waals surface area contributed by atoms with Crippen LogP contribution in [-0.4, -0.2) is 61.0 Å². The molecule has 3 rings (SSSR count). The van der Waals surface area contributed by atoms with E-state index in [1.807, 2.05) is 11.0 Å². The van der Waals surface area contributed by atoms with Gasteiger partial charge in [-0.3, -0.25) is 9.59 Å². The number of carbonyl (C=O) groups excluding carboxylic acids is 2. The number of benzene rings is 1. The molecule has 1 aromatic rings. The Balaban J connectivity index is 1.36. The van der Waals surface area contributed by atoms with Crippen LogP contribution < -0.4 is 0 Å². The lowest BCUT2D eigenvalue weighted by molar-refractivity contribution is -0.135. The third-order valence-electron chi connectivity index (χ3n) is 4.95. The molecule has 2 fully saturated rings. The van der Waals surface area contributed by atoms with E-state index in [2.05, 4.69) is 24.3 Å². The summed E-state index contributed by atoms with van der Waals surface area (Å²) in [4.78, 5) is 27.6. The van der Waals surface area contributed by atoms with Crippen LogP contribution in [-0.2, 0) is 20.7 Å². The highest BCUT2D eigenvalue weighted by Crippen LogP contribution is 2.22. The topological polar surface area (TPSA) is 49.9 Å². The molecule has 0 aliphatic carbocycles. The number of nitrogens with zero attached hydrogens (tertiary/aromatic N) is 2. The molecule has 2 atom stereocenters. The third-order valence-corrected chi connectivity index (χ3v) is 4.95. The van der Waals surface area contributed by atoms with Crippen LogP contribution in [0.4, 0.5) is 0 Å². The molecule has 5 heteroatoms. The highest BCUT2D eigenvalue weighted by atomic mass is 16.5. The van der Waals surface area contributed by atoms with Crippen LogP contribution >= 0.6 is 0 Å². The van der Waals surface area contributed by atoms with Crippen molar-refractivity contribution in [3.05, 3.63) is 35.9 Å². The molecule has 0 saturated carbocycles. The van der Waals surface area contributed by atoms with Gasteiger partial charge in [-0.1, -0.05) is 30.3 Å². The van der Waals surface area contributed by atoms with Crippen molar-refractivity contribution < 1.29 is 14.3 Å². The fourth-order valence-corrected chi connectivity index (χ4v) is 3.52. The zero-order valence-corrected chi connectivity index (χ0v) is 14.3. The lowest BCUT2D eigenvalue weighted by Crippen LogP contribution is -2.36. The van der Waals surface area contributed by atoms with E-state index in [0.717, 1.165) is 32.4 Å². The maximum Gasteiger partial charge on any atom is 0.228 e. The molecule has 24 heavy (non-hydrogen) atoms. The fraction of sp³-hybridized carbons (Fsp3) is 0.579. The second-order valence-electron chi connectivity index (χ2n) is 6.83. The summed E-state index contributed by atoms with van der Waals surface area (Å²) < 4.78 is 5.94. The molecule has 0 spiro atoms. The van der Waals surface area contributed by atoms with Gasteiger partial charge in [0.15, 0.2) is 0 Å². The number of amides is 2. The number of hydrogen-bond acceptors (Lipinski definition) is 3. The summed E-state index contributed by atoms with van der Waals surface area (Å²) in [5, 5.41) is 0. The van der Waals surface area contributed by atoms with Gasteiger partial charge in [-0.25, -0.2) is 0 Å². The van der Waals surface area contributed by atoms with Crippen LogP contribution in [0.2, 0.25) is 0 Å². The van der Waals surface area contributed by atoms with Crippen molar-refractivity contribution >= 4 is 11.8 Å². The molecular formula is C19H26N2O3. The first-order valence-corrected chi connectivity index (χ1v) is 8.82. The van der Waals surface area contributed by atoms with Gasteiger partial charge >= 0.3 is 0 Å². The van der Waals surface area contributed by atoms with Crippen LogP contribution in [0.15, 0.2) is 30.3 Å². The smallest absolute Gasteiger partial charge is 0.228 e. The minimum Gasteiger partial charge on any atom is -0.376 e. The summed E-state index contributed by atoms with van der Waals surface area (Å²) in [5.74, 6) is 0.0173. The lowest BCUT2D eigenvalue weighted by Gasteiger charge is -2.20. The first-order chi connectivity index (χ1) is 11.6. The van der Waals surface area contributed by atoms with Crippen LogP contribution in [0.25, 0.3) is 0 Å². The van der Waals surface area contributed by atoms with E-state index in [4.69, 9.17) is 4.74 Å². The summed E-state index contributed by atoms with van der Waals surface area (Å²) in [6, 6.07) is 10.4. The van der Waals surface area contributed by atoms with Crippen LogP contribution in [0.3, 0.4) is 0 Å². The van der Waals surface area contributed by atoms with E-state index in [1.165, 1.54) is 5.56 Å². The quantitative estimate of drug-likeness (QED) is 0.746. The van der Waals surface area contributed by atoms with E-state index in [0.29, 0.717) is 19.5 Å². The van der Waals surface area contributed by atoms with Gasteiger partial charge < -0.3 is 14.5 Å². The molecule has 2 amide bonds. The van der Waals surface area contributed by atoms with Gasteiger partial charge in [-0.2, -0.15) is 0 Å². The molecule has 0 N–H and O–H groups in total. The first kappa shape index (κ1) is 17.0. The molecule has 0 radical (unpaired) electrons. The Bertz CT molecular complexity index is 575. The lowest BCUT2D eigenvalue weighted by atomic mass is 10.1. The number of likely N-dealkylation sites (tertiary alicyclic amines) is 2. The molecule has 2 aliphatic rings. The monoisotopic (exact) mass is 330 g/mol.